The lowest BCUT2D eigenvalue weighted by atomic mass is 9.68. The third-order valence-electron chi connectivity index (χ3n) is 6.44. The van der Waals surface area contributed by atoms with Crippen molar-refractivity contribution < 1.29 is 28.9 Å². The molecule has 3 N–H and O–H groups in total. The number of aromatic nitrogens is 2. The number of Topliss-reactive ketones (excluding diaryl/α,β-unsaturated/α-hetero) is 1. The zero-order valence-electron chi connectivity index (χ0n) is 20.4. The van der Waals surface area contributed by atoms with Crippen molar-refractivity contribution >= 4 is 11.8 Å². The Balaban J connectivity index is 1.91. The van der Waals surface area contributed by atoms with E-state index in [1.54, 1.807) is 32.9 Å². The van der Waals surface area contributed by atoms with Gasteiger partial charge in [0.25, 0.3) is 5.56 Å². The van der Waals surface area contributed by atoms with Gasteiger partial charge in [-0.2, -0.15) is 0 Å². The van der Waals surface area contributed by atoms with Crippen LogP contribution in [0.3, 0.4) is 0 Å². The summed E-state index contributed by atoms with van der Waals surface area (Å²) < 4.78 is 18.7. The number of carbonyl (C=O) groups excluding carboxylic acids is 2. The number of aromatic hydroxyl groups is 1. The number of nitrogens with zero attached hydrogens (tertiary/aromatic N) is 1. The van der Waals surface area contributed by atoms with Crippen LogP contribution in [-0.2, 0) is 21.4 Å². The summed E-state index contributed by atoms with van der Waals surface area (Å²) in [6.45, 7) is 5.31. The number of hydrogen-bond donors (Lipinski definition) is 3. The van der Waals surface area contributed by atoms with Gasteiger partial charge in [-0.05, 0) is 76.5 Å². The molecule has 0 radical (unpaired) electrons. The van der Waals surface area contributed by atoms with Gasteiger partial charge in [-0.15, -0.1) is 0 Å². The van der Waals surface area contributed by atoms with Gasteiger partial charge >= 0.3 is 5.97 Å². The average Bonchev–Trinajstić information content (AvgIpc) is 2.79. The predicted molar refractivity (Wildman–Crippen MR) is 127 cm³/mol. The Hall–Kier alpha value is -3.07. The lowest BCUT2D eigenvalue weighted by Crippen LogP contribution is -2.40. The summed E-state index contributed by atoms with van der Waals surface area (Å²) in [5.41, 5.74) is -2.07. The minimum Gasteiger partial charge on any atom is -0.501 e. The molecular formula is C26H33FN2O6. The van der Waals surface area contributed by atoms with E-state index < -0.39 is 34.1 Å². The smallest absolute Gasteiger partial charge is 0.307 e. The Morgan fingerprint density at radius 2 is 1.83 bits per heavy atom. The summed E-state index contributed by atoms with van der Waals surface area (Å²) in [5, 5.41) is 19.9. The fourth-order valence-corrected chi connectivity index (χ4v) is 4.50. The molecule has 1 aliphatic carbocycles. The summed E-state index contributed by atoms with van der Waals surface area (Å²) in [6.07, 6.45) is 2.31. The second-order valence-corrected chi connectivity index (χ2v) is 10.3. The van der Waals surface area contributed by atoms with Crippen molar-refractivity contribution in [2.24, 2.45) is 5.92 Å². The van der Waals surface area contributed by atoms with Crippen LogP contribution in [0.5, 0.6) is 5.75 Å². The molecule has 1 fully saturated rings. The molecule has 0 atom stereocenters. The molecule has 190 valence electrons. The minimum absolute atomic E-state index is 0.0230. The van der Waals surface area contributed by atoms with Crippen molar-refractivity contribution in [3.63, 3.8) is 0 Å². The van der Waals surface area contributed by atoms with Crippen molar-refractivity contribution in [3.8, 4) is 5.75 Å². The van der Waals surface area contributed by atoms with Crippen molar-refractivity contribution in [2.75, 3.05) is 6.61 Å². The normalized spacial score (nSPS) is 20.4. The maximum absolute atomic E-state index is 13.1. The molecule has 1 aromatic carbocycles. The second kappa shape index (κ2) is 10.7. The Morgan fingerprint density at radius 1 is 1.20 bits per heavy atom. The topological polar surface area (TPSA) is 130 Å². The molecule has 1 saturated carbocycles. The van der Waals surface area contributed by atoms with Crippen molar-refractivity contribution in [1.29, 1.82) is 0 Å². The average molecular weight is 489 g/mol. The van der Waals surface area contributed by atoms with Crippen LogP contribution >= 0.6 is 0 Å². The van der Waals surface area contributed by atoms with E-state index in [-0.39, 0.29) is 49.1 Å². The monoisotopic (exact) mass is 488 g/mol. The molecule has 1 aromatic heterocycles. The highest BCUT2D eigenvalue weighted by Crippen LogP contribution is 2.43. The molecule has 9 heteroatoms. The zero-order valence-corrected chi connectivity index (χ0v) is 20.4. The number of H-pyrrole nitrogens is 1. The van der Waals surface area contributed by atoms with Crippen LogP contribution < -0.4 is 5.56 Å². The number of halogens is 1. The van der Waals surface area contributed by atoms with Crippen molar-refractivity contribution in [3.05, 3.63) is 57.5 Å². The van der Waals surface area contributed by atoms with E-state index in [0.29, 0.717) is 25.7 Å². The molecule has 0 amide bonds. The van der Waals surface area contributed by atoms with Crippen molar-refractivity contribution in [2.45, 2.75) is 76.7 Å². The lowest BCUT2D eigenvalue weighted by Gasteiger charge is -2.39. The first kappa shape index (κ1) is 26.5. The molecule has 0 aliphatic heterocycles. The number of aryl methyl sites for hydroxylation is 1. The highest BCUT2D eigenvalue weighted by molar-refractivity contribution is 5.96. The van der Waals surface area contributed by atoms with Gasteiger partial charge < -0.3 is 19.9 Å². The summed E-state index contributed by atoms with van der Waals surface area (Å²) in [7, 11) is 0. The number of benzene rings is 1. The number of carbonyl (C=O) groups is 2. The van der Waals surface area contributed by atoms with Crippen LogP contribution in [-0.4, -0.2) is 44.1 Å². The van der Waals surface area contributed by atoms with Crippen LogP contribution in [0.4, 0.5) is 4.39 Å². The van der Waals surface area contributed by atoms with Gasteiger partial charge in [0.05, 0.1) is 6.42 Å². The SMILES string of the molecule is CC(C)(C)OC(=O)CC1(c2nc(C(=O)CCc3ccc(F)cc3)c(O)c(=O)[nH]2)CCC(CO)CC1. The first-order valence-corrected chi connectivity index (χ1v) is 11.9. The number of ketones is 1. The number of aromatic amines is 1. The molecule has 0 unspecified atom stereocenters. The molecular weight excluding hydrogens is 455 g/mol. The van der Waals surface area contributed by atoms with Crippen LogP contribution in [0.2, 0.25) is 0 Å². The molecule has 0 bridgehead atoms. The number of esters is 1. The van der Waals surface area contributed by atoms with E-state index in [9.17, 15) is 29.0 Å². The number of hydrogen-bond acceptors (Lipinski definition) is 7. The van der Waals surface area contributed by atoms with E-state index >= 15 is 0 Å². The third-order valence-corrected chi connectivity index (χ3v) is 6.44. The van der Waals surface area contributed by atoms with E-state index in [0.717, 1.165) is 5.56 Å². The zero-order chi connectivity index (χ0) is 25.8. The minimum atomic E-state index is -0.896. The van der Waals surface area contributed by atoms with Crippen LogP contribution in [0.25, 0.3) is 0 Å². The van der Waals surface area contributed by atoms with E-state index in [1.807, 2.05) is 0 Å². The number of rotatable bonds is 8. The first-order chi connectivity index (χ1) is 16.4. The number of nitrogens with one attached hydrogen (secondary N) is 1. The Bertz CT molecular complexity index is 1110. The summed E-state index contributed by atoms with van der Waals surface area (Å²) in [4.78, 5) is 45.3. The molecule has 3 rings (SSSR count). The highest BCUT2D eigenvalue weighted by Gasteiger charge is 2.42. The van der Waals surface area contributed by atoms with Gasteiger partial charge in [0.1, 0.15) is 17.2 Å². The van der Waals surface area contributed by atoms with Crippen molar-refractivity contribution in [1.82, 2.24) is 9.97 Å². The Kier molecular flexibility index (Phi) is 8.10. The maximum atomic E-state index is 13.1. The predicted octanol–water partition coefficient (Wildman–Crippen LogP) is 3.58. The van der Waals surface area contributed by atoms with Gasteiger partial charge in [-0.25, -0.2) is 9.37 Å². The van der Waals surface area contributed by atoms with Gasteiger partial charge in [-0.3, -0.25) is 14.4 Å². The summed E-state index contributed by atoms with van der Waals surface area (Å²) >= 11 is 0. The fraction of sp³-hybridized carbons (Fsp3) is 0.538. The van der Waals surface area contributed by atoms with Gasteiger partial charge in [0.15, 0.2) is 11.5 Å². The molecule has 0 saturated heterocycles. The van der Waals surface area contributed by atoms with Gasteiger partial charge in [0.2, 0.25) is 5.75 Å². The lowest BCUT2D eigenvalue weighted by molar-refractivity contribution is -0.157. The molecule has 2 aromatic rings. The van der Waals surface area contributed by atoms with E-state index in [4.69, 9.17) is 4.74 Å². The fourth-order valence-electron chi connectivity index (χ4n) is 4.50. The van der Waals surface area contributed by atoms with Gasteiger partial charge in [-0.1, -0.05) is 12.1 Å². The van der Waals surface area contributed by atoms with E-state index in [1.165, 1.54) is 12.1 Å². The Morgan fingerprint density at radius 3 is 2.40 bits per heavy atom. The van der Waals surface area contributed by atoms with Crippen LogP contribution in [0.15, 0.2) is 29.1 Å². The molecule has 8 nitrogen and oxygen atoms in total. The second-order valence-electron chi connectivity index (χ2n) is 10.3. The summed E-state index contributed by atoms with van der Waals surface area (Å²) in [5.74, 6) is -1.91. The number of ether oxygens (including phenoxy) is 1. The molecule has 1 aliphatic rings. The largest absolute Gasteiger partial charge is 0.501 e. The molecule has 1 heterocycles. The molecule has 0 spiro atoms. The Labute approximate surface area is 203 Å². The van der Waals surface area contributed by atoms with E-state index in [2.05, 4.69) is 9.97 Å². The standard InChI is InChI=1S/C26H33FN2O6/c1-25(2,3)35-20(32)14-26(12-10-17(15-30)11-13-26)24-28-21(22(33)23(34)29-24)19(31)9-6-16-4-7-18(27)8-5-16/h4-5,7-8,17,30,33H,6,9-15H2,1-3H3,(H,28,29,34). The molecule has 35 heavy (non-hydrogen) atoms. The van der Waals surface area contributed by atoms with Crippen LogP contribution in [0.1, 0.15) is 81.2 Å². The number of aliphatic hydroxyl groups is 1. The number of aliphatic hydroxyl groups excluding tert-OH is 1. The first-order valence-electron chi connectivity index (χ1n) is 11.9. The summed E-state index contributed by atoms with van der Waals surface area (Å²) in [6, 6.07) is 5.72. The van der Waals surface area contributed by atoms with Crippen LogP contribution in [0, 0.1) is 11.7 Å². The van der Waals surface area contributed by atoms with Gasteiger partial charge in [0, 0.05) is 18.4 Å². The highest BCUT2D eigenvalue weighted by atomic mass is 19.1. The third kappa shape index (κ3) is 6.75. The maximum Gasteiger partial charge on any atom is 0.307 e. The quantitative estimate of drug-likeness (QED) is 0.382.